The highest BCUT2D eigenvalue weighted by atomic mass is 16.3. The molecule has 6 aromatic carbocycles. The summed E-state index contributed by atoms with van der Waals surface area (Å²) in [6, 6.07) is 46.5. The Morgan fingerprint density at radius 1 is 0.646 bits per heavy atom. The van der Waals surface area contributed by atoms with E-state index in [-0.39, 0.29) is 11.8 Å². The zero-order valence-corrected chi connectivity index (χ0v) is 27.5. The maximum atomic E-state index is 10.3. The van der Waals surface area contributed by atoms with Crippen LogP contribution in [0.2, 0.25) is 0 Å². The van der Waals surface area contributed by atoms with E-state index >= 15 is 0 Å². The smallest absolute Gasteiger partial charge is 0.149 e. The summed E-state index contributed by atoms with van der Waals surface area (Å²) in [4.78, 5) is 5.31. The molecule has 0 unspecified atom stereocenters. The molecule has 0 aliphatic heterocycles. The maximum absolute atomic E-state index is 10.3. The van der Waals surface area contributed by atoms with Gasteiger partial charge in [0.1, 0.15) is 17.0 Å². The van der Waals surface area contributed by atoms with Gasteiger partial charge in [0, 0.05) is 10.8 Å². The molecule has 4 heteroatoms. The molecular weight excluding hydrogens is 587 g/mol. The third-order valence-electron chi connectivity index (χ3n) is 9.37. The number of rotatable bonds is 6. The number of fused-ring (bicyclic) bond motifs is 4. The number of benzene rings is 6. The number of nitrogens with zero attached hydrogens (tertiary/aromatic N) is 3. The quantitative estimate of drug-likeness (QED) is 0.186. The second-order valence-electron chi connectivity index (χ2n) is 13.1. The Kier molecular flexibility index (Phi) is 7.19. The zero-order valence-electron chi connectivity index (χ0n) is 27.5. The Morgan fingerprint density at radius 3 is 1.88 bits per heavy atom. The van der Waals surface area contributed by atoms with E-state index in [1.165, 1.54) is 27.9 Å². The van der Waals surface area contributed by atoms with Crippen molar-refractivity contribution in [3.63, 3.8) is 0 Å². The van der Waals surface area contributed by atoms with Gasteiger partial charge in [0.15, 0.2) is 0 Å². The van der Waals surface area contributed by atoms with Crippen molar-refractivity contribution in [2.24, 2.45) is 0 Å². The standard InChI is InChI=1S/C44H35N3O/c1-27(2)36-23-32(30-16-9-6-10-17-30)24-37(28(3)4)42(36)47-39-21-12-11-20-38(39)46-44(47)35-19-13-18-34-41-33(26-45)22-31(25-40(41)48-43(34)35)29-14-7-5-8-15-29/h5-25,27-28H,1-4H3. The predicted octanol–water partition coefficient (Wildman–Crippen LogP) is 12.0. The summed E-state index contributed by atoms with van der Waals surface area (Å²) >= 11 is 0. The molecular formula is C44H35N3O. The fourth-order valence-electron chi connectivity index (χ4n) is 7.04. The highest BCUT2D eigenvalue weighted by Gasteiger charge is 2.26. The molecule has 0 radical (unpaired) electrons. The van der Waals surface area contributed by atoms with Crippen LogP contribution in [0.1, 0.15) is 56.2 Å². The van der Waals surface area contributed by atoms with E-state index < -0.39 is 0 Å². The number of furan rings is 1. The molecule has 8 aromatic rings. The van der Waals surface area contributed by atoms with Crippen LogP contribution >= 0.6 is 0 Å². The van der Waals surface area contributed by atoms with Crippen LogP contribution in [0.5, 0.6) is 0 Å². The lowest BCUT2D eigenvalue weighted by Crippen LogP contribution is -2.09. The van der Waals surface area contributed by atoms with Gasteiger partial charge >= 0.3 is 0 Å². The molecule has 0 bridgehead atoms. The van der Waals surface area contributed by atoms with E-state index in [1.54, 1.807) is 0 Å². The zero-order chi connectivity index (χ0) is 32.9. The third-order valence-corrected chi connectivity index (χ3v) is 9.37. The Morgan fingerprint density at radius 2 is 1.25 bits per heavy atom. The molecule has 0 saturated carbocycles. The molecule has 0 atom stereocenters. The Bertz CT molecular complexity index is 2480. The number of hydrogen-bond acceptors (Lipinski definition) is 3. The molecule has 0 N–H and O–H groups in total. The van der Waals surface area contributed by atoms with Crippen molar-refractivity contribution in [1.82, 2.24) is 9.55 Å². The van der Waals surface area contributed by atoms with E-state index in [0.29, 0.717) is 11.1 Å². The molecule has 0 aliphatic rings. The topological polar surface area (TPSA) is 54.8 Å². The van der Waals surface area contributed by atoms with Crippen molar-refractivity contribution in [3.05, 3.63) is 144 Å². The Hall–Kier alpha value is -5.92. The lowest BCUT2D eigenvalue weighted by atomic mass is 9.88. The highest BCUT2D eigenvalue weighted by molar-refractivity contribution is 6.12. The highest BCUT2D eigenvalue weighted by Crippen LogP contribution is 2.43. The van der Waals surface area contributed by atoms with Crippen molar-refractivity contribution in [1.29, 1.82) is 5.26 Å². The second kappa shape index (κ2) is 11.7. The molecule has 48 heavy (non-hydrogen) atoms. The third kappa shape index (κ3) is 4.79. The minimum atomic E-state index is 0.256. The van der Waals surface area contributed by atoms with Gasteiger partial charge in [-0.3, -0.25) is 4.57 Å². The molecule has 0 aliphatic carbocycles. The molecule has 0 fully saturated rings. The molecule has 0 amide bonds. The number of nitriles is 1. The van der Waals surface area contributed by atoms with E-state index in [9.17, 15) is 5.26 Å². The summed E-state index contributed by atoms with van der Waals surface area (Å²) in [6.07, 6.45) is 0. The number of para-hydroxylation sites is 3. The monoisotopic (exact) mass is 621 g/mol. The molecule has 0 saturated heterocycles. The fourth-order valence-corrected chi connectivity index (χ4v) is 7.04. The summed E-state index contributed by atoms with van der Waals surface area (Å²) in [5.74, 6) is 1.33. The normalized spacial score (nSPS) is 11.7. The second-order valence-corrected chi connectivity index (χ2v) is 13.1. The van der Waals surface area contributed by atoms with Crippen LogP contribution in [0.3, 0.4) is 0 Å². The summed E-state index contributed by atoms with van der Waals surface area (Å²) < 4.78 is 9.10. The van der Waals surface area contributed by atoms with Gasteiger partial charge in [-0.15, -0.1) is 0 Å². The number of imidazole rings is 1. The van der Waals surface area contributed by atoms with Gasteiger partial charge in [-0.05, 0) is 87.7 Å². The molecule has 2 aromatic heterocycles. The Balaban J connectivity index is 1.44. The van der Waals surface area contributed by atoms with Gasteiger partial charge in [-0.2, -0.15) is 5.26 Å². The van der Waals surface area contributed by atoms with Gasteiger partial charge < -0.3 is 4.42 Å². The predicted molar refractivity (Wildman–Crippen MR) is 198 cm³/mol. The van der Waals surface area contributed by atoms with Crippen molar-refractivity contribution >= 4 is 33.0 Å². The average Bonchev–Trinajstić information content (AvgIpc) is 3.70. The van der Waals surface area contributed by atoms with Gasteiger partial charge in [0.05, 0.1) is 33.9 Å². The first-order chi connectivity index (χ1) is 23.4. The summed E-state index contributed by atoms with van der Waals surface area (Å²) in [7, 11) is 0. The Labute approximate surface area is 280 Å². The van der Waals surface area contributed by atoms with Crippen LogP contribution in [-0.4, -0.2) is 9.55 Å². The lowest BCUT2D eigenvalue weighted by Gasteiger charge is -2.24. The van der Waals surface area contributed by atoms with Gasteiger partial charge in [-0.25, -0.2) is 4.98 Å². The average molecular weight is 622 g/mol. The van der Waals surface area contributed by atoms with Crippen LogP contribution in [0.4, 0.5) is 0 Å². The largest absolute Gasteiger partial charge is 0.455 e. The van der Waals surface area contributed by atoms with E-state index in [2.05, 4.69) is 123 Å². The van der Waals surface area contributed by atoms with E-state index in [1.807, 2.05) is 42.5 Å². The van der Waals surface area contributed by atoms with Gasteiger partial charge in [0.25, 0.3) is 0 Å². The van der Waals surface area contributed by atoms with Crippen LogP contribution in [0, 0.1) is 11.3 Å². The lowest BCUT2D eigenvalue weighted by molar-refractivity contribution is 0.669. The minimum absolute atomic E-state index is 0.256. The molecule has 8 rings (SSSR count). The molecule has 0 spiro atoms. The summed E-state index contributed by atoms with van der Waals surface area (Å²) in [6.45, 7) is 9.07. The molecule has 4 nitrogen and oxygen atoms in total. The van der Waals surface area contributed by atoms with Crippen molar-refractivity contribution < 1.29 is 4.42 Å². The van der Waals surface area contributed by atoms with E-state index in [0.717, 1.165) is 49.9 Å². The van der Waals surface area contributed by atoms with Crippen molar-refractivity contribution in [2.45, 2.75) is 39.5 Å². The number of aromatic nitrogens is 2. The van der Waals surface area contributed by atoms with Gasteiger partial charge in [0.2, 0.25) is 0 Å². The van der Waals surface area contributed by atoms with Gasteiger partial charge in [-0.1, -0.05) is 113 Å². The molecule has 232 valence electrons. The molecule has 2 heterocycles. The SMILES string of the molecule is CC(C)c1cc(-c2ccccc2)cc(C(C)C)c1-n1c(-c2cccc3c2oc2cc(-c4ccccc4)cc(C#N)c23)nc2ccccc21. The first-order valence-electron chi connectivity index (χ1n) is 16.6. The fraction of sp³-hybridized carbons (Fsp3) is 0.136. The van der Waals surface area contributed by atoms with Crippen LogP contribution in [-0.2, 0) is 0 Å². The summed E-state index contributed by atoms with van der Waals surface area (Å²) in [5, 5.41) is 12.1. The van der Waals surface area contributed by atoms with Crippen LogP contribution in [0.15, 0.2) is 132 Å². The van der Waals surface area contributed by atoms with Crippen molar-refractivity contribution in [3.8, 4) is 45.4 Å². The van der Waals surface area contributed by atoms with Crippen LogP contribution in [0.25, 0.3) is 72.3 Å². The first-order valence-corrected chi connectivity index (χ1v) is 16.6. The van der Waals surface area contributed by atoms with Crippen molar-refractivity contribution in [2.75, 3.05) is 0 Å². The van der Waals surface area contributed by atoms with Crippen LogP contribution < -0.4 is 0 Å². The number of hydrogen-bond donors (Lipinski definition) is 0. The minimum Gasteiger partial charge on any atom is -0.455 e. The maximum Gasteiger partial charge on any atom is 0.149 e. The summed E-state index contributed by atoms with van der Waals surface area (Å²) in [5.41, 5.74) is 13.0. The first kappa shape index (κ1) is 29.5. The van der Waals surface area contributed by atoms with E-state index in [4.69, 9.17) is 9.40 Å².